The molecule has 1 unspecified atom stereocenters. The van der Waals surface area contributed by atoms with E-state index >= 15 is 0 Å². The second-order valence-electron chi connectivity index (χ2n) is 6.55. The van der Waals surface area contributed by atoms with Crippen molar-refractivity contribution in [3.8, 4) is 0 Å². The Labute approximate surface area is 184 Å². The Morgan fingerprint density at radius 2 is 1.03 bits per heavy atom. The van der Waals surface area contributed by atoms with Gasteiger partial charge in [0.2, 0.25) is 0 Å². The number of rotatable bonds is 4. The average molecular weight is 538 g/mol. The standard InChI is InChI=1S/C12H22O11.2H3O4P/c13-1-3-5(15)6(16)9(19)12(22-3)23-10-4(2-14)21-11(20)8(18)7(10)17;2*1-5(2,3)4/h3-20H,1-2H2;2*(H3,1,2,3,4)/t3-,4-,5+,6+,7-,8-,9-,10-,11?,12+;;/m1../s1. The summed E-state index contributed by atoms with van der Waals surface area (Å²) in [5.74, 6) is 0. The molecule has 0 amide bonds. The summed E-state index contributed by atoms with van der Waals surface area (Å²) in [6.07, 6.45) is -15.6. The molecule has 14 N–H and O–H groups in total. The van der Waals surface area contributed by atoms with E-state index in [0.717, 1.165) is 0 Å². The Kier molecular flexibility index (Phi) is 13.7. The van der Waals surface area contributed by atoms with E-state index < -0.39 is 90.3 Å². The second kappa shape index (κ2) is 13.8. The molecule has 21 heteroatoms. The van der Waals surface area contributed by atoms with Crippen molar-refractivity contribution in [3.05, 3.63) is 0 Å². The molecule has 0 bridgehead atoms. The van der Waals surface area contributed by atoms with Gasteiger partial charge in [0.25, 0.3) is 0 Å². The molecule has 0 spiro atoms. The van der Waals surface area contributed by atoms with Crippen molar-refractivity contribution in [2.45, 2.75) is 61.4 Å². The van der Waals surface area contributed by atoms with E-state index in [9.17, 15) is 35.7 Å². The minimum absolute atomic E-state index is 0.667. The summed E-state index contributed by atoms with van der Waals surface area (Å²) in [4.78, 5) is 43.1. The zero-order chi connectivity index (χ0) is 26.3. The molecule has 0 aromatic rings. The Balaban J connectivity index is 0.000000859. The smallest absolute Gasteiger partial charge is 0.394 e. The number of phosphoric acid groups is 2. The highest BCUT2D eigenvalue weighted by Crippen LogP contribution is 2.28. The van der Waals surface area contributed by atoms with Gasteiger partial charge in [0, 0.05) is 0 Å². The summed E-state index contributed by atoms with van der Waals surface area (Å²) in [6.45, 7) is -1.35. The lowest BCUT2D eigenvalue weighted by Gasteiger charge is -2.45. The van der Waals surface area contributed by atoms with E-state index in [0.29, 0.717) is 0 Å². The first-order valence-corrected chi connectivity index (χ1v) is 11.8. The van der Waals surface area contributed by atoms with Gasteiger partial charge in [-0.25, -0.2) is 9.13 Å². The summed E-state index contributed by atoms with van der Waals surface area (Å²) in [5.41, 5.74) is 0. The van der Waals surface area contributed by atoms with Gasteiger partial charge >= 0.3 is 15.6 Å². The zero-order valence-electron chi connectivity index (χ0n) is 16.4. The molecule has 19 nitrogen and oxygen atoms in total. The molecule has 200 valence electrons. The van der Waals surface area contributed by atoms with Crippen LogP contribution in [0.25, 0.3) is 0 Å². The van der Waals surface area contributed by atoms with Gasteiger partial charge in [-0.1, -0.05) is 0 Å². The van der Waals surface area contributed by atoms with Crippen molar-refractivity contribution in [1.29, 1.82) is 0 Å². The van der Waals surface area contributed by atoms with Crippen molar-refractivity contribution < 1.29 is 93.6 Å². The van der Waals surface area contributed by atoms with Crippen molar-refractivity contribution >= 4 is 15.6 Å². The maximum Gasteiger partial charge on any atom is 0.466 e. The van der Waals surface area contributed by atoms with Gasteiger partial charge in [0.05, 0.1) is 13.2 Å². The van der Waals surface area contributed by atoms with E-state index in [2.05, 4.69) is 0 Å². The van der Waals surface area contributed by atoms with Gasteiger partial charge in [-0.05, 0) is 0 Å². The molecule has 0 aliphatic carbocycles. The Bertz CT molecular complexity index is 612. The average Bonchev–Trinajstić information content (AvgIpc) is 2.65. The molecular formula is C12H28O19P2. The Hall–Kier alpha value is -0.220. The van der Waals surface area contributed by atoms with Crippen LogP contribution in [0.2, 0.25) is 0 Å². The zero-order valence-corrected chi connectivity index (χ0v) is 18.2. The molecule has 0 radical (unpaired) electrons. The second-order valence-corrected chi connectivity index (χ2v) is 8.61. The summed E-state index contributed by atoms with van der Waals surface area (Å²) in [5, 5.41) is 76.5. The monoisotopic (exact) mass is 538 g/mol. The molecule has 2 saturated heterocycles. The van der Waals surface area contributed by atoms with Crippen LogP contribution in [-0.2, 0) is 23.3 Å². The SMILES string of the molecule is O=P(O)(O)O.O=P(O)(O)O.OC[C@H]1O[C@@H](O[C@H]2[C@H](O)[C@@H](O)C(O)O[C@@H]2CO)[C@H](O)[C@@H](O)[C@H]1O. The third kappa shape index (κ3) is 12.3. The molecule has 10 atom stereocenters. The van der Waals surface area contributed by atoms with Gasteiger partial charge in [0.15, 0.2) is 12.6 Å². The van der Waals surface area contributed by atoms with Crippen LogP contribution in [0.1, 0.15) is 0 Å². The fourth-order valence-corrected chi connectivity index (χ4v) is 2.57. The fraction of sp³-hybridized carbons (Fsp3) is 1.00. The third-order valence-corrected chi connectivity index (χ3v) is 3.98. The predicted octanol–water partition coefficient (Wildman–Crippen LogP) is -7.25. The highest BCUT2D eigenvalue weighted by atomic mass is 31.2. The Morgan fingerprint density at radius 1 is 0.606 bits per heavy atom. The number of aliphatic hydroxyl groups excluding tert-OH is 8. The highest BCUT2D eigenvalue weighted by molar-refractivity contribution is 7.45. The van der Waals surface area contributed by atoms with E-state index in [-0.39, 0.29) is 0 Å². The topological polar surface area (TPSA) is 345 Å². The first kappa shape index (κ1) is 32.8. The lowest BCUT2D eigenvalue weighted by Crippen LogP contribution is -2.64. The van der Waals surface area contributed by atoms with Crippen LogP contribution in [0.5, 0.6) is 0 Å². The van der Waals surface area contributed by atoms with Crippen molar-refractivity contribution in [1.82, 2.24) is 0 Å². The van der Waals surface area contributed by atoms with E-state index in [1.54, 1.807) is 0 Å². The van der Waals surface area contributed by atoms with Crippen LogP contribution in [0, 0.1) is 0 Å². The van der Waals surface area contributed by atoms with Crippen LogP contribution in [0.3, 0.4) is 0 Å². The predicted molar refractivity (Wildman–Crippen MR) is 97.1 cm³/mol. The summed E-state index contributed by atoms with van der Waals surface area (Å²) < 4.78 is 33.0. The van der Waals surface area contributed by atoms with Gasteiger partial charge in [-0.15, -0.1) is 0 Å². The van der Waals surface area contributed by atoms with Crippen LogP contribution >= 0.6 is 15.6 Å². The van der Waals surface area contributed by atoms with Gasteiger partial charge in [0.1, 0.15) is 48.8 Å². The molecule has 0 saturated carbocycles. The quantitative estimate of drug-likeness (QED) is 0.148. The summed E-state index contributed by atoms with van der Waals surface area (Å²) in [6, 6.07) is 0. The Morgan fingerprint density at radius 3 is 1.42 bits per heavy atom. The number of aliphatic hydroxyl groups is 8. The largest absolute Gasteiger partial charge is 0.466 e. The summed E-state index contributed by atoms with van der Waals surface area (Å²) in [7, 11) is -9.28. The lowest BCUT2D eigenvalue weighted by molar-refractivity contribution is -0.355. The van der Waals surface area contributed by atoms with Gasteiger partial charge < -0.3 is 84.4 Å². The number of hydrogen-bond donors (Lipinski definition) is 14. The highest BCUT2D eigenvalue weighted by Gasteiger charge is 2.50. The van der Waals surface area contributed by atoms with Crippen molar-refractivity contribution in [2.24, 2.45) is 0 Å². The molecule has 2 aliphatic heterocycles. The molecule has 2 aliphatic rings. The van der Waals surface area contributed by atoms with E-state index in [4.69, 9.17) is 57.8 Å². The van der Waals surface area contributed by atoms with Gasteiger partial charge in [-0.3, -0.25) is 0 Å². The van der Waals surface area contributed by atoms with Crippen molar-refractivity contribution in [2.75, 3.05) is 13.2 Å². The first-order chi connectivity index (χ1) is 14.8. The molecule has 0 aromatic carbocycles. The van der Waals surface area contributed by atoms with Crippen LogP contribution < -0.4 is 0 Å². The molecule has 2 rings (SSSR count). The van der Waals surface area contributed by atoms with E-state index in [1.165, 1.54) is 0 Å². The van der Waals surface area contributed by atoms with Gasteiger partial charge in [-0.2, -0.15) is 0 Å². The number of hydrogen-bond acceptors (Lipinski definition) is 13. The maximum atomic E-state index is 9.94. The lowest BCUT2D eigenvalue weighted by atomic mass is 9.97. The van der Waals surface area contributed by atoms with Crippen LogP contribution in [0.15, 0.2) is 0 Å². The third-order valence-electron chi connectivity index (χ3n) is 3.98. The molecule has 33 heavy (non-hydrogen) atoms. The van der Waals surface area contributed by atoms with E-state index in [1.807, 2.05) is 0 Å². The van der Waals surface area contributed by atoms with Crippen LogP contribution in [-0.4, -0.2) is 145 Å². The molecule has 2 fully saturated rings. The molecular weight excluding hydrogens is 510 g/mol. The minimum Gasteiger partial charge on any atom is -0.394 e. The van der Waals surface area contributed by atoms with Crippen molar-refractivity contribution in [3.63, 3.8) is 0 Å². The minimum atomic E-state index is -4.64. The van der Waals surface area contributed by atoms with Crippen LogP contribution in [0.4, 0.5) is 0 Å². The maximum absolute atomic E-state index is 9.94. The summed E-state index contributed by atoms with van der Waals surface area (Å²) >= 11 is 0. The fourth-order valence-electron chi connectivity index (χ4n) is 2.57. The first-order valence-electron chi connectivity index (χ1n) is 8.64. The molecule has 2 heterocycles. The number of ether oxygens (including phenoxy) is 3. The normalized spacial score (nSPS) is 39.6. The molecule has 0 aromatic heterocycles.